The van der Waals surface area contributed by atoms with Gasteiger partial charge in [-0.3, -0.25) is 0 Å². The van der Waals surface area contributed by atoms with Crippen molar-refractivity contribution in [3.63, 3.8) is 0 Å². The van der Waals surface area contributed by atoms with Crippen molar-refractivity contribution in [1.82, 2.24) is 0 Å². The molecule has 0 unspecified atom stereocenters. The average molecular weight is 412 g/mol. The number of rotatable bonds is 4. The van der Waals surface area contributed by atoms with Crippen LogP contribution in [0.25, 0.3) is 50.2 Å². The van der Waals surface area contributed by atoms with Crippen molar-refractivity contribution < 1.29 is 0 Å². The SMILES string of the molecule is C/C=C\c1c(N)cc(-c2ccccc2)cc1-c1cccc(-c2cccc3ccccc23)c1. The molecule has 0 radical (unpaired) electrons. The number of benzene rings is 5. The van der Waals surface area contributed by atoms with Crippen molar-refractivity contribution in [2.45, 2.75) is 6.92 Å². The van der Waals surface area contributed by atoms with Gasteiger partial charge in [0, 0.05) is 11.3 Å². The van der Waals surface area contributed by atoms with Crippen molar-refractivity contribution in [2.24, 2.45) is 0 Å². The highest BCUT2D eigenvalue weighted by molar-refractivity contribution is 5.97. The maximum absolute atomic E-state index is 6.56. The molecule has 0 heterocycles. The molecule has 0 aliphatic rings. The molecule has 0 aliphatic carbocycles. The van der Waals surface area contributed by atoms with Gasteiger partial charge in [0.2, 0.25) is 0 Å². The summed E-state index contributed by atoms with van der Waals surface area (Å²) in [6.07, 6.45) is 4.15. The molecule has 5 aromatic rings. The van der Waals surface area contributed by atoms with Crippen LogP contribution in [0.2, 0.25) is 0 Å². The van der Waals surface area contributed by atoms with Crippen LogP contribution in [-0.2, 0) is 0 Å². The number of anilines is 1. The molecule has 0 spiro atoms. The fraction of sp³-hybridized carbons (Fsp3) is 0.0323. The summed E-state index contributed by atoms with van der Waals surface area (Å²) in [5.74, 6) is 0. The predicted octanol–water partition coefficient (Wildman–Crippen LogP) is 8.46. The Labute approximate surface area is 189 Å². The average Bonchev–Trinajstić information content (AvgIpc) is 2.85. The highest BCUT2D eigenvalue weighted by Gasteiger charge is 2.12. The fourth-order valence-corrected chi connectivity index (χ4v) is 4.40. The van der Waals surface area contributed by atoms with Gasteiger partial charge < -0.3 is 5.73 Å². The minimum atomic E-state index is 0.787. The molecule has 0 aliphatic heterocycles. The molecule has 5 rings (SSSR count). The van der Waals surface area contributed by atoms with E-state index in [1.54, 1.807) is 0 Å². The first-order chi connectivity index (χ1) is 15.7. The van der Waals surface area contributed by atoms with E-state index in [1.165, 1.54) is 21.9 Å². The van der Waals surface area contributed by atoms with E-state index >= 15 is 0 Å². The molecule has 0 saturated carbocycles. The van der Waals surface area contributed by atoms with Crippen LogP contribution in [0.4, 0.5) is 5.69 Å². The lowest BCUT2D eigenvalue weighted by Crippen LogP contribution is -1.95. The number of nitrogens with two attached hydrogens (primary N) is 1. The third kappa shape index (κ3) is 3.70. The Hall–Kier alpha value is -4.10. The minimum absolute atomic E-state index is 0.787. The lowest BCUT2D eigenvalue weighted by atomic mass is 9.90. The van der Waals surface area contributed by atoms with Crippen LogP contribution in [0, 0.1) is 0 Å². The predicted molar refractivity (Wildman–Crippen MR) is 139 cm³/mol. The molecule has 0 atom stereocenters. The minimum Gasteiger partial charge on any atom is -0.398 e. The maximum atomic E-state index is 6.56. The first-order valence-corrected chi connectivity index (χ1v) is 10.9. The van der Waals surface area contributed by atoms with Gasteiger partial charge in [-0.2, -0.15) is 0 Å². The summed E-state index contributed by atoms with van der Waals surface area (Å²) in [5, 5.41) is 2.51. The van der Waals surface area contributed by atoms with Crippen LogP contribution < -0.4 is 5.73 Å². The van der Waals surface area contributed by atoms with Crippen molar-refractivity contribution in [3.05, 3.63) is 121 Å². The second-order valence-electron chi connectivity index (χ2n) is 8.00. The summed E-state index contributed by atoms with van der Waals surface area (Å²) in [6, 6.07) is 38.5. The zero-order chi connectivity index (χ0) is 21.9. The molecule has 0 aromatic heterocycles. The lowest BCUT2D eigenvalue weighted by Gasteiger charge is -2.15. The zero-order valence-corrected chi connectivity index (χ0v) is 18.1. The van der Waals surface area contributed by atoms with Crippen LogP contribution in [0.1, 0.15) is 12.5 Å². The molecule has 0 bridgehead atoms. The quantitative estimate of drug-likeness (QED) is 0.295. The molecule has 5 aromatic carbocycles. The van der Waals surface area contributed by atoms with Crippen molar-refractivity contribution in [2.75, 3.05) is 5.73 Å². The van der Waals surface area contributed by atoms with Gasteiger partial charge in [-0.05, 0) is 69.3 Å². The third-order valence-corrected chi connectivity index (χ3v) is 5.93. The third-order valence-electron chi connectivity index (χ3n) is 5.93. The number of fused-ring (bicyclic) bond motifs is 1. The molecule has 0 amide bonds. The van der Waals surface area contributed by atoms with Crippen molar-refractivity contribution in [1.29, 1.82) is 0 Å². The maximum Gasteiger partial charge on any atom is 0.0400 e. The van der Waals surface area contributed by atoms with E-state index in [9.17, 15) is 0 Å². The number of allylic oxidation sites excluding steroid dienone is 1. The Balaban J connectivity index is 1.71. The fourth-order valence-electron chi connectivity index (χ4n) is 4.40. The Morgan fingerprint density at radius 1 is 0.562 bits per heavy atom. The highest BCUT2D eigenvalue weighted by Crippen LogP contribution is 2.37. The summed E-state index contributed by atoms with van der Waals surface area (Å²) >= 11 is 0. The summed E-state index contributed by atoms with van der Waals surface area (Å²) < 4.78 is 0. The Kier molecular flexibility index (Phi) is 5.31. The highest BCUT2D eigenvalue weighted by atomic mass is 14.6. The summed E-state index contributed by atoms with van der Waals surface area (Å²) in [7, 11) is 0. The van der Waals surface area contributed by atoms with Crippen LogP contribution in [0.15, 0.2) is 115 Å². The normalized spacial score (nSPS) is 11.3. The number of hydrogen-bond donors (Lipinski definition) is 1. The van der Waals surface area contributed by atoms with Crippen LogP contribution in [0.5, 0.6) is 0 Å². The summed E-state index contributed by atoms with van der Waals surface area (Å²) in [4.78, 5) is 0. The molecule has 1 nitrogen and oxygen atoms in total. The van der Waals surface area contributed by atoms with E-state index in [-0.39, 0.29) is 0 Å². The van der Waals surface area contributed by atoms with E-state index in [0.29, 0.717) is 0 Å². The standard InChI is InChI=1S/C31H25N/c1-2-10-29-30(20-26(21-31(29)32)22-11-4-3-5-12-22)25-16-8-15-24(19-25)28-18-9-14-23-13-6-7-17-27(23)28/h2-21H,32H2,1H3/b10-2-. The molecule has 32 heavy (non-hydrogen) atoms. The van der Waals surface area contributed by atoms with Crippen molar-refractivity contribution >= 4 is 22.5 Å². The summed E-state index contributed by atoms with van der Waals surface area (Å²) in [5.41, 5.74) is 15.4. The van der Waals surface area contributed by atoms with E-state index in [2.05, 4.69) is 109 Å². The molecule has 154 valence electrons. The topological polar surface area (TPSA) is 26.0 Å². The van der Waals surface area contributed by atoms with Crippen LogP contribution in [-0.4, -0.2) is 0 Å². The van der Waals surface area contributed by atoms with Crippen molar-refractivity contribution in [3.8, 4) is 33.4 Å². The van der Waals surface area contributed by atoms with E-state index in [1.807, 2.05) is 19.1 Å². The molecule has 0 fully saturated rings. The Bertz CT molecular complexity index is 1420. The monoisotopic (exact) mass is 411 g/mol. The second-order valence-corrected chi connectivity index (χ2v) is 8.00. The first-order valence-electron chi connectivity index (χ1n) is 10.9. The largest absolute Gasteiger partial charge is 0.398 e. The van der Waals surface area contributed by atoms with E-state index in [4.69, 9.17) is 5.73 Å². The number of hydrogen-bond acceptors (Lipinski definition) is 1. The molecule has 0 saturated heterocycles. The van der Waals surface area contributed by atoms with Crippen LogP contribution >= 0.6 is 0 Å². The second kappa shape index (κ2) is 8.56. The Morgan fingerprint density at radius 3 is 2.03 bits per heavy atom. The smallest absolute Gasteiger partial charge is 0.0400 e. The summed E-state index contributed by atoms with van der Waals surface area (Å²) in [6.45, 7) is 2.03. The molecular formula is C31H25N. The van der Waals surface area contributed by atoms with Gasteiger partial charge in [-0.25, -0.2) is 0 Å². The first kappa shape index (κ1) is 19.8. The number of nitrogen functional groups attached to an aromatic ring is 1. The lowest BCUT2D eigenvalue weighted by molar-refractivity contribution is 1.55. The van der Waals surface area contributed by atoms with Gasteiger partial charge in [0.25, 0.3) is 0 Å². The van der Waals surface area contributed by atoms with Gasteiger partial charge >= 0.3 is 0 Å². The van der Waals surface area contributed by atoms with Gasteiger partial charge in [-0.1, -0.05) is 103 Å². The molecule has 2 N–H and O–H groups in total. The Morgan fingerprint density at radius 2 is 1.22 bits per heavy atom. The van der Waals surface area contributed by atoms with Gasteiger partial charge in [0.05, 0.1) is 0 Å². The van der Waals surface area contributed by atoms with E-state index < -0.39 is 0 Å². The van der Waals surface area contributed by atoms with Gasteiger partial charge in [-0.15, -0.1) is 0 Å². The van der Waals surface area contributed by atoms with E-state index in [0.717, 1.165) is 33.5 Å². The van der Waals surface area contributed by atoms with Crippen LogP contribution in [0.3, 0.4) is 0 Å². The van der Waals surface area contributed by atoms with Gasteiger partial charge in [0.15, 0.2) is 0 Å². The molecular weight excluding hydrogens is 386 g/mol. The van der Waals surface area contributed by atoms with Gasteiger partial charge in [0.1, 0.15) is 0 Å². The zero-order valence-electron chi connectivity index (χ0n) is 18.1. The molecule has 1 heteroatoms.